The lowest BCUT2D eigenvalue weighted by Crippen LogP contribution is -2.49. The zero-order valence-corrected chi connectivity index (χ0v) is 11.7. The lowest BCUT2D eigenvalue weighted by molar-refractivity contribution is 0.143. The van der Waals surface area contributed by atoms with E-state index in [1.807, 2.05) is 0 Å². The van der Waals surface area contributed by atoms with Gasteiger partial charge in [0, 0.05) is 39.3 Å². The summed E-state index contributed by atoms with van der Waals surface area (Å²) in [7, 11) is 3.57. The molecule has 0 aromatic rings. The first kappa shape index (κ1) is 14.3. The molecule has 0 spiro atoms. The number of likely N-dealkylation sites (tertiary alicyclic amines) is 1. The second-order valence-electron chi connectivity index (χ2n) is 5.29. The van der Waals surface area contributed by atoms with Gasteiger partial charge in [-0.15, -0.1) is 0 Å². The lowest BCUT2D eigenvalue weighted by Gasteiger charge is -2.36. The van der Waals surface area contributed by atoms with Gasteiger partial charge >= 0.3 is 6.03 Å². The van der Waals surface area contributed by atoms with E-state index < -0.39 is 0 Å². The fourth-order valence-corrected chi connectivity index (χ4v) is 2.39. The summed E-state index contributed by atoms with van der Waals surface area (Å²) in [5, 5.41) is 3.07. The van der Waals surface area contributed by atoms with Gasteiger partial charge in [-0.25, -0.2) is 4.79 Å². The maximum Gasteiger partial charge on any atom is 0.317 e. The lowest BCUT2D eigenvalue weighted by atomic mass is 10.0. The van der Waals surface area contributed by atoms with Crippen molar-refractivity contribution in [3.05, 3.63) is 0 Å². The monoisotopic (exact) mass is 241 g/mol. The standard InChI is InChI=1S/C13H27N3O/c1-5-6-11(2)16-9-7-12(8-10-16)14-13(17)15(3)4/h11-12H,5-10H2,1-4H3,(H,14,17). The number of nitrogens with zero attached hydrogens (tertiary/aromatic N) is 2. The molecule has 4 heteroatoms. The molecule has 1 atom stereocenters. The minimum absolute atomic E-state index is 0.0325. The minimum Gasteiger partial charge on any atom is -0.335 e. The van der Waals surface area contributed by atoms with Gasteiger partial charge in [-0.2, -0.15) is 0 Å². The average Bonchev–Trinajstić information content (AvgIpc) is 2.30. The van der Waals surface area contributed by atoms with Crippen LogP contribution in [-0.4, -0.2) is 55.1 Å². The van der Waals surface area contributed by atoms with Crippen LogP contribution in [0.2, 0.25) is 0 Å². The second-order valence-corrected chi connectivity index (χ2v) is 5.29. The molecule has 100 valence electrons. The van der Waals surface area contributed by atoms with E-state index in [9.17, 15) is 4.79 Å². The first-order chi connectivity index (χ1) is 8.04. The summed E-state index contributed by atoms with van der Waals surface area (Å²) in [6.45, 7) is 6.77. The van der Waals surface area contributed by atoms with Gasteiger partial charge in [0.05, 0.1) is 0 Å². The van der Waals surface area contributed by atoms with Gasteiger partial charge in [0.15, 0.2) is 0 Å². The molecule has 1 heterocycles. The van der Waals surface area contributed by atoms with Crippen LogP contribution in [-0.2, 0) is 0 Å². The Hall–Kier alpha value is -0.770. The topological polar surface area (TPSA) is 35.6 Å². The molecule has 4 nitrogen and oxygen atoms in total. The van der Waals surface area contributed by atoms with Crippen LogP contribution in [0, 0.1) is 0 Å². The molecule has 1 saturated heterocycles. The van der Waals surface area contributed by atoms with Crippen molar-refractivity contribution in [1.82, 2.24) is 15.1 Å². The number of carbonyl (C=O) groups excluding carboxylic acids is 1. The van der Waals surface area contributed by atoms with Gasteiger partial charge in [-0.05, 0) is 26.2 Å². The maximum atomic E-state index is 11.5. The summed E-state index contributed by atoms with van der Waals surface area (Å²) < 4.78 is 0. The number of hydrogen-bond donors (Lipinski definition) is 1. The van der Waals surface area contributed by atoms with Crippen LogP contribution in [0.1, 0.15) is 39.5 Å². The number of nitrogens with one attached hydrogen (secondary N) is 1. The van der Waals surface area contributed by atoms with Gasteiger partial charge in [-0.3, -0.25) is 0 Å². The van der Waals surface area contributed by atoms with E-state index in [-0.39, 0.29) is 6.03 Å². The molecule has 1 fully saturated rings. The van der Waals surface area contributed by atoms with E-state index in [1.165, 1.54) is 12.8 Å². The molecule has 0 bridgehead atoms. The van der Waals surface area contributed by atoms with Gasteiger partial charge in [0.2, 0.25) is 0 Å². The summed E-state index contributed by atoms with van der Waals surface area (Å²) in [5.41, 5.74) is 0. The maximum absolute atomic E-state index is 11.5. The Morgan fingerprint density at radius 1 is 1.41 bits per heavy atom. The molecule has 0 saturated carbocycles. The van der Waals surface area contributed by atoms with E-state index in [0.717, 1.165) is 25.9 Å². The highest BCUT2D eigenvalue weighted by molar-refractivity contribution is 5.73. The molecule has 1 aliphatic rings. The van der Waals surface area contributed by atoms with E-state index in [2.05, 4.69) is 24.1 Å². The van der Waals surface area contributed by atoms with Crippen molar-refractivity contribution in [3.8, 4) is 0 Å². The largest absolute Gasteiger partial charge is 0.335 e. The quantitative estimate of drug-likeness (QED) is 0.816. The number of urea groups is 1. The third kappa shape index (κ3) is 4.54. The van der Waals surface area contributed by atoms with Crippen LogP contribution in [0.4, 0.5) is 4.79 Å². The van der Waals surface area contributed by atoms with Crippen molar-refractivity contribution in [2.75, 3.05) is 27.2 Å². The molecule has 1 N–H and O–H groups in total. The Balaban J connectivity index is 2.28. The van der Waals surface area contributed by atoms with Crippen LogP contribution in [0.5, 0.6) is 0 Å². The highest BCUT2D eigenvalue weighted by Gasteiger charge is 2.23. The first-order valence-electron chi connectivity index (χ1n) is 6.76. The molecule has 2 amide bonds. The average molecular weight is 241 g/mol. The predicted octanol–water partition coefficient (Wildman–Crippen LogP) is 1.91. The Kier molecular flexibility index (Phi) is 5.75. The molecular formula is C13H27N3O. The SMILES string of the molecule is CCCC(C)N1CCC(NC(=O)N(C)C)CC1. The van der Waals surface area contributed by atoms with Crippen molar-refractivity contribution < 1.29 is 4.79 Å². The van der Waals surface area contributed by atoms with Crippen LogP contribution in [0.25, 0.3) is 0 Å². The van der Waals surface area contributed by atoms with Crippen molar-refractivity contribution >= 4 is 6.03 Å². The zero-order chi connectivity index (χ0) is 12.8. The number of amides is 2. The molecule has 1 rings (SSSR count). The highest BCUT2D eigenvalue weighted by atomic mass is 16.2. The summed E-state index contributed by atoms with van der Waals surface area (Å²) in [5.74, 6) is 0. The first-order valence-corrected chi connectivity index (χ1v) is 6.76. The van der Waals surface area contributed by atoms with Gasteiger partial charge in [0.25, 0.3) is 0 Å². The van der Waals surface area contributed by atoms with Crippen molar-refractivity contribution in [2.45, 2.75) is 51.6 Å². The van der Waals surface area contributed by atoms with Crippen LogP contribution < -0.4 is 5.32 Å². The third-order valence-corrected chi connectivity index (χ3v) is 3.59. The molecule has 1 aliphatic heterocycles. The Labute approximate surface area is 105 Å². The summed E-state index contributed by atoms with van der Waals surface area (Å²) in [6, 6.07) is 1.07. The van der Waals surface area contributed by atoms with Crippen LogP contribution >= 0.6 is 0 Å². The fraction of sp³-hybridized carbons (Fsp3) is 0.923. The van der Waals surface area contributed by atoms with E-state index in [4.69, 9.17) is 0 Å². The normalized spacial score (nSPS) is 20.0. The second kappa shape index (κ2) is 6.84. The number of hydrogen-bond acceptors (Lipinski definition) is 2. The van der Waals surface area contributed by atoms with Crippen LogP contribution in [0.3, 0.4) is 0 Å². The van der Waals surface area contributed by atoms with E-state index >= 15 is 0 Å². The Morgan fingerprint density at radius 3 is 2.47 bits per heavy atom. The molecule has 0 aromatic heterocycles. The third-order valence-electron chi connectivity index (χ3n) is 3.59. The molecule has 0 aromatic carbocycles. The molecule has 17 heavy (non-hydrogen) atoms. The molecule has 0 radical (unpaired) electrons. The summed E-state index contributed by atoms with van der Waals surface area (Å²) >= 11 is 0. The predicted molar refractivity (Wildman–Crippen MR) is 71.2 cm³/mol. The van der Waals surface area contributed by atoms with Crippen molar-refractivity contribution in [1.29, 1.82) is 0 Å². The Morgan fingerprint density at radius 2 is 2.00 bits per heavy atom. The van der Waals surface area contributed by atoms with E-state index in [1.54, 1.807) is 19.0 Å². The number of carbonyl (C=O) groups is 1. The van der Waals surface area contributed by atoms with Crippen LogP contribution in [0.15, 0.2) is 0 Å². The number of rotatable bonds is 4. The smallest absolute Gasteiger partial charge is 0.317 e. The minimum atomic E-state index is 0.0325. The van der Waals surface area contributed by atoms with Gasteiger partial charge in [0.1, 0.15) is 0 Å². The number of piperidine rings is 1. The van der Waals surface area contributed by atoms with E-state index in [0.29, 0.717) is 12.1 Å². The fourth-order valence-electron chi connectivity index (χ4n) is 2.39. The Bertz CT molecular complexity index is 235. The summed E-state index contributed by atoms with van der Waals surface area (Å²) in [4.78, 5) is 15.7. The zero-order valence-electron chi connectivity index (χ0n) is 11.7. The highest BCUT2D eigenvalue weighted by Crippen LogP contribution is 2.15. The van der Waals surface area contributed by atoms with Crippen molar-refractivity contribution in [2.24, 2.45) is 0 Å². The van der Waals surface area contributed by atoms with Crippen molar-refractivity contribution in [3.63, 3.8) is 0 Å². The van der Waals surface area contributed by atoms with Gasteiger partial charge in [-0.1, -0.05) is 13.3 Å². The summed E-state index contributed by atoms with van der Waals surface area (Å²) in [6.07, 6.45) is 4.68. The van der Waals surface area contributed by atoms with Gasteiger partial charge < -0.3 is 15.1 Å². The molecule has 0 aliphatic carbocycles. The molecular weight excluding hydrogens is 214 g/mol. The molecule has 1 unspecified atom stereocenters.